The molecule has 7 heteroatoms. The number of Topliss-reactive ketones (excluding diaryl/α,β-unsaturated/α-hetero) is 1. The Labute approximate surface area is 113 Å². The number of rotatable bonds is 2. The van der Waals surface area contributed by atoms with Gasteiger partial charge in [-0.2, -0.15) is 13.2 Å². The molecule has 1 heterocycles. The van der Waals surface area contributed by atoms with Crippen molar-refractivity contribution in [1.29, 1.82) is 0 Å². The van der Waals surface area contributed by atoms with Gasteiger partial charge >= 0.3 is 6.18 Å². The Bertz CT molecular complexity index is 526. The van der Waals surface area contributed by atoms with Crippen LogP contribution >= 0.6 is 0 Å². The van der Waals surface area contributed by atoms with Crippen molar-refractivity contribution in [2.75, 3.05) is 13.2 Å². The van der Waals surface area contributed by atoms with Crippen molar-refractivity contribution in [3.8, 4) is 11.5 Å². The molecule has 0 saturated carbocycles. The number of ketones is 1. The largest absolute Gasteiger partial charge is 0.490 e. The minimum atomic E-state index is -4.83. The van der Waals surface area contributed by atoms with Gasteiger partial charge in [-0.15, -0.1) is 0 Å². The monoisotopic (exact) mass is 289 g/mol. The lowest BCUT2D eigenvalue weighted by atomic mass is 9.91. The lowest BCUT2D eigenvalue weighted by molar-refractivity contribution is -0.165. The SMILES string of the molecule is CC(N)(C(=O)c1ccc2c(c1)OCCCO2)C(F)(F)F. The van der Waals surface area contributed by atoms with Crippen LogP contribution in [0.2, 0.25) is 0 Å². The quantitative estimate of drug-likeness (QED) is 0.849. The van der Waals surface area contributed by atoms with E-state index < -0.39 is 17.5 Å². The van der Waals surface area contributed by atoms with E-state index in [9.17, 15) is 18.0 Å². The maximum atomic E-state index is 12.8. The molecule has 1 aliphatic heterocycles. The van der Waals surface area contributed by atoms with Gasteiger partial charge in [0.15, 0.2) is 22.8 Å². The maximum absolute atomic E-state index is 12.8. The van der Waals surface area contributed by atoms with Gasteiger partial charge in [-0.1, -0.05) is 0 Å². The molecule has 0 bridgehead atoms. The lowest BCUT2D eigenvalue weighted by Crippen LogP contribution is -2.57. The molecule has 0 amide bonds. The summed E-state index contributed by atoms with van der Waals surface area (Å²) in [6, 6.07) is 3.91. The second-order valence-corrected chi connectivity index (χ2v) is 4.74. The average Bonchev–Trinajstić information content (AvgIpc) is 2.60. The minimum absolute atomic E-state index is 0.156. The van der Waals surface area contributed by atoms with Crippen LogP contribution in [-0.2, 0) is 0 Å². The van der Waals surface area contributed by atoms with Crippen LogP contribution in [0.25, 0.3) is 0 Å². The predicted molar refractivity (Wildman–Crippen MR) is 65.0 cm³/mol. The number of ether oxygens (including phenoxy) is 2. The molecular formula is C13H14F3NO3. The van der Waals surface area contributed by atoms with Crippen LogP contribution in [0, 0.1) is 0 Å². The van der Waals surface area contributed by atoms with Crippen molar-refractivity contribution in [3.05, 3.63) is 23.8 Å². The van der Waals surface area contributed by atoms with E-state index in [0.717, 1.165) is 0 Å². The first kappa shape index (κ1) is 14.6. The second-order valence-electron chi connectivity index (χ2n) is 4.74. The van der Waals surface area contributed by atoms with Crippen LogP contribution in [0.4, 0.5) is 13.2 Å². The number of halogens is 3. The smallest absolute Gasteiger partial charge is 0.413 e. The molecule has 1 aromatic rings. The highest BCUT2D eigenvalue weighted by molar-refractivity contribution is 6.03. The topological polar surface area (TPSA) is 61.6 Å². The summed E-state index contributed by atoms with van der Waals surface area (Å²) in [6.07, 6.45) is -4.16. The van der Waals surface area contributed by atoms with Crippen LogP contribution in [-0.4, -0.2) is 30.7 Å². The maximum Gasteiger partial charge on any atom is 0.413 e. The molecule has 4 nitrogen and oxygen atoms in total. The first-order chi connectivity index (χ1) is 9.23. The Balaban J connectivity index is 2.34. The van der Waals surface area contributed by atoms with E-state index in [1.807, 2.05) is 0 Å². The van der Waals surface area contributed by atoms with E-state index in [1.54, 1.807) is 0 Å². The third-order valence-electron chi connectivity index (χ3n) is 3.07. The number of carbonyl (C=O) groups is 1. The Morgan fingerprint density at radius 2 is 1.80 bits per heavy atom. The van der Waals surface area contributed by atoms with E-state index in [4.69, 9.17) is 15.2 Å². The number of nitrogens with two attached hydrogens (primary N) is 1. The van der Waals surface area contributed by atoms with Crippen molar-refractivity contribution in [1.82, 2.24) is 0 Å². The summed E-state index contributed by atoms with van der Waals surface area (Å²) in [5, 5.41) is 0. The standard InChI is InChI=1S/C13H14F3NO3/c1-12(17,13(14,15)16)11(18)8-3-4-9-10(7-8)20-6-2-5-19-9/h3-4,7H,2,5-6,17H2,1H3. The highest BCUT2D eigenvalue weighted by atomic mass is 19.4. The third-order valence-corrected chi connectivity index (χ3v) is 3.07. The van der Waals surface area contributed by atoms with Gasteiger partial charge in [-0.3, -0.25) is 4.79 Å². The second kappa shape index (κ2) is 4.97. The zero-order valence-electron chi connectivity index (χ0n) is 10.8. The summed E-state index contributed by atoms with van der Waals surface area (Å²) in [4.78, 5) is 11.9. The third kappa shape index (κ3) is 2.58. The fraction of sp³-hybridized carbons (Fsp3) is 0.462. The fourth-order valence-electron chi connectivity index (χ4n) is 1.73. The molecule has 1 unspecified atom stereocenters. The molecule has 0 radical (unpaired) electrons. The number of hydrogen-bond acceptors (Lipinski definition) is 4. The van der Waals surface area contributed by atoms with E-state index >= 15 is 0 Å². The average molecular weight is 289 g/mol. The molecule has 1 atom stereocenters. The van der Waals surface area contributed by atoms with Gasteiger partial charge in [0.1, 0.15) is 0 Å². The number of fused-ring (bicyclic) bond motifs is 1. The van der Waals surface area contributed by atoms with Crippen molar-refractivity contribution in [2.45, 2.75) is 25.1 Å². The molecule has 1 aromatic carbocycles. The Kier molecular flexibility index (Phi) is 3.64. The number of benzene rings is 1. The summed E-state index contributed by atoms with van der Waals surface area (Å²) >= 11 is 0. The molecular weight excluding hydrogens is 275 g/mol. The number of hydrogen-bond donors (Lipinski definition) is 1. The van der Waals surface area contributed by atoms with Gasteiger partial charge in [-0.05, 0) is 25.1 Å². The van der Waals surface area contributed by atoms with E-state index in [0.29, 0.717) is 32.3 Å². The van der Waals surface area contributed by atoms with Gasteiger partial charge in [-0.25, -0.2) is 0 Å². The Morgan fingerprint density at radius 3 is 2.40 bits per heavy atom. The molecule has 1 aliphatic rings. The van der Waals surface area contributed by atoms with Crippen molar-refractivity contribution in [3.63, 3.8) is 0 Å². The van der Waals surface area contributed by atoms with Gasteiger partial charge in [0.25, 0.3) is 0 Å². The summed E-state index contributed by atoms with van der Waals surface area (Å²) < 4.78 is 49.0. The minimum Gasteiger partial charge on any atom is -0.490 e. The van der Waals surface area contributed by atoms with Crippen molar-refractivity contribution >= 4 is 5.78 Å². The van der Waals surface area contributed by atoms with Crippen LogP contribution in [0.15, 0.2) is 18.2 Å². The highest BCUT2D eigenvalue weighted by Gasteiger charge is 2.53. The molecule has 0 aliphatic carbocycles. The predicted octanol–water partition coefficient (Wildman–Crippen LogP) is 2.31. The summed E-state index contributed by atoms with van der Waals surface area (Å²) in [6.45, 7) is 1.49. The molecule has 2 N–H and O–H groups in total. The van der Waals surface area contributed by atoms with E-state index in [2.05, 4.69) is 0 Å². The van der Waals surface area contributed by atoms with Crippen molar-refractivity contribution < 1.29 is 27.4 Å². The zero-order valence-corrected chi connectivity index (χ0v) is 10.8. The molecule has 20 heavy (non-hydrogen) atoms. The van der Waals surface area contributed by atoms with Gasteiger partial charge in [0.05, 0.1) is 13.2 Å². The van der Waals surface area contributed by atoms with Crippen LogP contribution < -0.4 is 15.2 Å². The molecule has 0 aromatic heterocycles. The lowest BCUT2D eigenvalue weighted by Gasteiger charge is -2.26. The summed E-state index contributed by atoms with van der Waals surface area (Å²) in [5.74, 6) is -0.545. The fourth-order valence-corrected chi connectivity index (χ4v) is 1.73. The van der Waals surface area contributed by atoms with E-state index in [-0.39, 0.29) is 11.3 Å². The van der Waals surface area contributed by atoms with Crippen LogP contribution in [0.1, 0.15) is 23.7 Å². The van der Waals surface area contributed by atoms with Gasteiger partial charge in [0, 0.05) is 12.0 Å². The van der Waals surface area contributed by atoms with E-state index in [1.165, 1.54) is 18.2 Å². The molecule has 0 saturated heterocycles. The normalized spacial score (nSPS) is 18.1. The first-order valence-corrected chi connectivity index (χ1v) is 6.03. The summed E-state index contributed by atoms with van der Waals surface area (Å²) in [5.41, 5.74) is 2.04. The van der Waals surface area contributed by atoms with Gasteiger partial charge < -0.3 is 15.2 Å². The van der Waals surface area contributed by atoms with Crippen LogP contribution in [0.5, 0.6) is 11.5 Å². The Hall–Kier alpha value is -1.76. The molecule has 110 valence electrons. The Morgan fingerprint density at radius 1 is 1.20 bits per heavy atom. The number of alkyl halides is 3. The van der Waals surface area contributed by atoms with Crippen molar-refractivity contribution in [2.24, 2.45) is 5.73 Å². The molecule has 2 rings (SSSR count). The zero-order chi connectivity index (χ0) is 15.0. The summed E-state index contributed by atoms with van der Waals surface area (Å²) in [7, 11) is 0. The first-order valence-electron chi connectivity index (χ1n) is 6.03. The molecule has 0 spiro atoms. The number of carbonyl (C=O) groups excluding carboxylic acids is 1. The highest BCUT2D eigenvalue weighted by Crippen LogP contribution is 2.34. The van der Waals surface area contributed by atoms with Crippen LogP contribution in [0.3, 0.4) is 0 Å². The van der Waals surface area contributed by atoms with Gasteiger partial charge in [0.2, 0.25) is 0 Å². The molecule has 0 fully saturated rings.